The molecule has 0 fully saturated rings. The molecule has 0 aliphatic rings. The fraction of sp³-hybridized carbons (Fsp3) is 0.467. The van der Waals surface area contributed by atoms with E-state index in [2.05, 4.69) is 37.9 Å². The van der Waals surface area contributed by atoms with Crippen molar-refractivity contribution < 1.29 is 4.74 Å². The van der Waals surface area contributed by atoms with Crippen LogP contribution < -0.4 is 10.1 Å². The first kappa shape index (κ1) is 13.8. The van der Waals surface area contributed by atoms with Crippen LogP contribution in [0.4, 0.5) is 0 Å². The molecule has 0 heterocycles. The molecule has 0 saturated heterocycles. The van der Waals surface area contributed by atoms with Crippen molar-refractivity contribution in [1.29, 1.82) is 0 Å². The Bertz CT molecular complexity index is 360. The van der Waals surface area contributed by atoms with Gasteiger partial charge in [-0.15, -0.1) is 0 Å². The van der Waals surface area contributed by atoms with E-state index >= 15 is 0 Å². The molecule has 1 aromatic rings. The number of ether oxygens (including phenoxy) is 1. The van der Waals surface area contributed by atoms with E-state index in [9.17, 15) is 0 Å². The molecule has 0 spiro atoms. The summed E-state index contributed by atoms with van der Waals surface area (Å²) >= 11 is 0. The van der Waals surface area contributed by atoms with E-state index < -0.39 is 0 Å². The van der Waals surface area contributed by atoms with E-state index in [1.165, 1.54) is 5.56 Å². The second kappa shape index (κ2) is 7.13. The average molecular weight is 233 g/mol. The lowest BCUT2D eigenvalue weighted by atomic mass is 10.2. The third-order valence-corrected chi connectivity index (χ3v) is 2.65. The molecule has 0 amide bonds. The van der Waals surface area contributed by atoms with Crippen molar-refractivity contribution in [1.82, 2.24) is 5.32 Å². The summed E-state index contributed by atoms with van der Waals surface area (Å²) < 4.78 is 5.61. The fourth-order valence-electron chi connectivity index (χ4n) is 1.39. The van der Waals surface area contributed by atoms with Crippen LogP contribution >= 0.6 is 0 Å². The fourth-order valence-corrected chi connectivity index (χ4v) is 1.39. The van der Waals surface area contributed by atoms with Gasteiger partial charge >= 0.3 is 0 Å². The topological polar surface area (TPSA) is 21.3 Å². The van der Waals surface area contributed by atoms with Gasteiger partial charge in [0.15, 0.2) is 0 Å². The van der Waals surface area contributed by atoms with Crippen LogP contribution in [0.2, 0.25) is 0 Å². The third kappa shape index (κ3) is 5.55. The number of hydrogen-bond donors (Lipinski definition) is 1. The lowest BCUT2D eigenvalue weighted by Gasteiger charge is -2.12. The smallest absolute Gasteiger partial charge is 0.120 e. The molecule has 0 saturated carbocycles. The van der Waals surface area contributed by atoms with Gasteiger partial charge in [-0.05, 0) is 43.5 Å². The van der Waals surface area contributed by atoms with Crippen LogP contribution in [0.25, 0.3) is 0 Å². The van der Waals surface area contributed by atoms with Crippen LogP contribution in [0.5, 0.6) is 5.75 Å². The van der Waals surface area contributed by atoms with Gasteiger partial charge in [0.1, 0.15) is 12.4 Å². The number of hydrogen-bond acceptors (Lipinski definition) is 2. The largest absolute Gasteiger partial charge is 0.489 e. The van der Waals surface area contributed by atoms with Crippen LogP contribution in [0.3, 0.4) is 0 Å². The van der Waals surface area contributed by atoms with E-state index in [-0.39, 0.29) is 0 Å². The predicted molar refractivity (Wildman–Crippen MR) is 73.3 cm³/mol. The Balaban J connectivity index is 2.50. The molecule has 0 aliphatic heterocycles. The molecule has 1 unspecified atom stereocenters. The lowest BCUT2D eigenvalue weighted by Crippen LogP contribution is -2.24. The molecule has 2 nitrogen and oxygen atoms in total. The average Bonchev–Trinajstić information content (AvgIpc) is 2.34. The molecule has 0 bridgehead atoms. The van der Waals surface area contributed by atoms with Crippen molar-refractivity contribution in [2.45, 2.75) is 39.8 Å². The predicted octanol–water partition coefficient (Wildman–Crippen LogP) is 3.53. The monoisotopic (exact) mass is 233 g/mol. The summed E-state index contributed by atoms with van der Waals surface area (Å²) in [6.07, 6.45) is 1.14. The van der Waals surface area contributed by atoms with Crippen molar-refractivity contribution in [2.75, 3.05) is 6.61 Å². The van der Waals surface area contributed by atoms with Crippen molar-refractivity contribution in [3.05, 3.63) is 42.0 Å². The van der Waals surface area contributed by atoms with E-state index in [0.717, 1.165) is 24.3 Å². The minimum absolute atomic E-state index is 0.551. The quantitative estimate of drug-likeness (QED) is 0.727. The van der Waals surface area contributed by atoms with Gasteiger partial charge in [0.2, 0.25) is 0 Å². The Hall–Kier alpha value is -1.28. The second-order valence-electron chi connectivity index (χ2n) is 4.58. The minimum atomic E-state index is 0.551. The van der Waals surface area contributed by atoms with Gasteiger partial charge in [-0.25, -0.2) is 0 Å². The molecule has 0 radical (unpaired) electrons. The van der Waals surface area contributed by atoms with E-state index in [1.807, 2.05) is 19.1 Å². The Morgan fingerprint density at radius 1 is 1.47 bits per heavy atom. The third-order valence-electron chi connectivity index (χ3n) is 2.65. The molecule has 0 aromatic heterocycles. The van der Waals surface area contributed by atoms with Crippen LogP contribution in [-0.2, 0) is 6.54 Å². The highest BCUT2D eigenvalue weighted by Crippen LogP contribution is 2.14. The molecule has 0 aliphatic carbocycles. The van der Waals surface area contributed by atoms with E-state index in [0.29, 0.717) is 12.6 Å². The highest BCUT2D eigenvalue weighted by Gasteiger charge is 2.00. The molecular weight excluding hydrogens is 210 g/mol. The Kier molecular flexibility index (Phi) is 5.78. The zero-order valence-electron chi connectivity index (χ0n) is 11.1. The summed E-state index contributed by atoms with van der Waals surface area (Å²) in [6.45, 7) is 11.6. The normalized spacial score (nSPS) is 12.2. The summed E-state index contributed by atoms with van der Waals surface area (Å²) in [4.78, 5) is 0. The lowest BCUT2D eigenvalue weighted by molar-refractivity contribution is 0.352. The van der Waals surface area contributed by atoms with Crippen LogP contribution in [0.15, 0.2) is 36.4 Å². The summed E-state index contributed by atoms with van der Waals surface area (Å²) in [5.74, 6) is 0.913. The molecule has 1 aromatic carbocycles. The number of nitrogens with one attached hydrogen (secondary N) is 1. The van der Waals surface area contributed by atoms with Gasteiger partial charge < -0.3 is 10.1 Å². The maximum absolute atomic E-state index is 5.61. The Morgan fingerprint density at radius 2 is 2.24 bits per heavy atom. The van der Waals surface area contributed by atoms with Crippen molar-refractivity contribution in [3.8, 4) is 5.75 Å². The Labute approximate surface area is 105 Å². The van der Waals surface area contributed by atoms with E-state index in [4.69, 9.17) is 4.74 Å². The molecule has 1 rings (SSSR count). The van der Waals surface area contributed by atoms with Gasteiger partial charge in [-0.3, -0.25) is 0 Å². The zero-order chi connectivity index (χ0) is 12.7. The van der Waals surface area contributed by atoms with Gasteiger partial charge in [-0.1, -0.05) is 25.6 Å². The van der Waals surface area contributed by atoms with Gasteiger partial charge in [-0.2, -0.15) is 0 Å². The minimum Gasteiger partial charge on any atom is -0.489 e. The number of rotatable bonds is 7. The van der Waals surface area contributed by atoms with Gasteiger partial charge in [0, 0.05) is 12.6 Å². The molecular formula is C15H23NO. The van der Waals surface area contributed by atoms with Gasteiger partial charge in [0.25, 0.3) is 0 Å². The first-order chi connectivity index (χ1) is 8.11. The highest BCUT2D eigenvalue weighted by atomic mass is 16.5. The maximum Gasteiger partial charge on any atom is 0.120 e. The summed E-state index contributed by atoms with van der Waals surface area (Å²) in [5.41, 5.74) is 2.29. The van der Waals surface area contributed by atoms with Crippen molar-refractivity contribution in [2.24, 2.45) is 0 Å². The molecule has 94 valence electrons. The van der Waals surface area contributed by atoms with Crippen LogP contribution in [0.1, 0.15) is 32.8 Å². The first-order valence-electron chi connectivity index (χ1n) is 6.21. The van der Waals surface area contributed by atoms with E-state index in [1.54, 1.807) is 0 Å². The number of benzene rings is 1. The van der Waals surface area contributed by atoms with Crippen LogP contribution in [0, 0.1) is 0 Å². The molecule has 17 heavy (non-hydrogen) atoms. The second-order valence-corrected chi connectivity index (χ2v) is 4.58. The summed E-state index contributed by atoms with van der Waals surface area (Å²) in [6, 6.07) is 8.76. The molecule has 1 N–H and O–H groups in total. The maximum atomic E-state index is 5.61. The van der Waals surface area contributed by atoms with Crippen molar-refractivity contribution in [3.63, 3.8) is 0 Å². The summed E-state index contributed by atoms with van der Waals surface area (Å²) in [5, 5.41) is 3.47. The van der Waals surface area contributed by atoms with Gasteiger partial charge in [0.05, 0.1) is 0 Å². The van der Waals surface area contributed by atoms with Crippen LogP contribution in [-0.4, -0.2) is 12.6 Å². The molecule has 1 atom stereocenters. The zero-order valence-corrected chi connectivity index (χ0v) is 11.1. The Morgan fingerprint density at radius 3 is 2.88 bits per heavy atom. The SMILES string of the molecule is C=C(C)COc1cccc(CNC(C)CC)c1. The van der Waals surface area contributed by atoms with Crippen molar-refractivity contribution >= 4 is 0 Å². The standard InChI is InChI=1S/C15H23NO/c1-5-13(4)16-10-14-7-6-8-15(9-14)17-11-12(2)3/h6-9,13,16H,2,5,10-11H2,1,3-4H3. The molecule has 2 heteroatoms. The summed E-state index contributed by atoms with van der Waals surface area (Å²) in [7, 11) is 0. The highest BCUT2D eigenvalue weighted by molar-refractivity contribution is 5.28. The first-order valence-corrected chi connectivity index (χ1v) is 6.21.